The van der Waals surface area contributed by atoms with E-state index in [-0.39, 0.29) is 17.6 Å². The topological polar surface area (TPSA) is 0 Å². The van der Waals surface area contributed by atoms with Gasteiger partial charge in [-0.05, 0) is 17.6 Å². The Labute approximate surface area is 82.3 Å². The molecule has 0 radical (unpaired) electrons. The summed E-state index contributed by atoms with van der Waals surface area (Å²) in [5, 5.41) is -1.17. The third kappa shape index (κ3) is 6.24. The Kier molecular flexibility index (Phi) is 5.18. The third-order valence-corrected chi connectivity index (χ3v) is 2.82. The van der Waals surface area contributed by atoms with Gasteiger partial charge in [-0.25, -0.2) is 0 Å². The second-order valence-electron chi connectivity index (χ2n) is 3.84. The van der Waals surface area contributed by atoms with E-state index in [2.05, 4.69) is 0 Å². The molecule has 0 fully saturated rings. The summed E-state index contributed by atoms with van der Waals surface area (Å²) in [4.78, 5) is 0. The number of hydrogen-bond donors (Lipinski definition) is 0. The third-order valence-electron chi connectivity index (χ3n) is 1.49. The Bertz CT molecular complexity index is 130. The first kappa shape index (κ1) is 13.1. The molecule has 0 aliphatic rings. The van der Waals surface area contributed by atoms with E-state index in [1.807, 2.05) is 13.8 Å². The Balaban J connectivity index is 4.20. The van der Waals surface area contributed by atoms with Gasteiger partial charge in [0.1, 0.15) is 5.25 Å². The highest BCUT2D eigenvalue weighted by Crippen LogP contribution is 2.36. The lowest BCUT2D eigenvalue weighted by Gasteiger charge is -2.23. The lowest BCUT2D eigenvalue weighted by atomic mass is 10.1. The maximum absolute atomic E-state index is 12.4. The fourth-order valence-corrected chi connectivity index (χ4v) is 2.33. The molecular formula is C9H17F3S. The van der Waals surface area contributed by atoms with Crippen LogP contribution in [-0.4, -0.2) is 16.7 Å². The average Bonchev–Trinajstić information content (AvgIpc) is 1.81. The van der Waals surface area contributed by atoms with E-state index in [0.29, 0.717) is 0 Å². The van der Waals surface area contributed by atoms with Gasteiger partial charge in [0.2, 0.25) is 0 Å². The molecule has 0 rings (SSSR count). The van der Waals surface area contributed by atoms with Crippen molar-refractivity contribution in [3.05, 3.63) is 0 Å². The van der Waals surface area contributed by atoms with Crippen LogP contribution in [0.5, 0.6) is 0 Å². The van der Waals surface area contributed by atoms with Gasteiger partial charge in [0.15, 0.2) is 0 Å². The minimum absolute atomic E-state index is 0.0328. The van der Waals surface area contributed by atoms with Gasteiger partial charge in [0.25, 0.3) is 0 Å². The molecule has 0 aliphatic carbocycles. The van der Waals surface area contributed by atoms with Crippen LogP contribution in [0.2, 0.25) is 0 Å². The second-order valence-corrected chi connectivity index (χ2v) is 5.63. The molecule has 0 bridgehead atoms. The minimum atomic E-state index is -4.06. The molecule has 0 unspecified atom stereocenters. The summed E-state index contributed by atoms with van der Waals surface area (Å²) < 4.78 is 37.3. The normalized spacial score (nSPS) is 15.5. The van der Waals surface area contributed by atoms with Crippen molar-refractivity contribution in [2.75, 3.05) is 0 Å². The highest BCUT2D eigenvalue weighted by atomic mass is 32.2. The molecule has 0 aliphatic heterocycles. The van der Waals surface area contributed by atoms with Crippen molar-refractivity contribution >= 4 is 11.8 Å². The first-order chi connectivity index (χ1) is 5.73. The number of rotatable bonds is 4. The Morgan fingerprint density at radius 1 is 1.08 bits per heavy atom. The number of hydrogen-bond acceptors (Lipinski definition) is 1. The zero-order chi connectivity index (χ0) is 10.6. The smallest absolute Gasteiger partial charge is 0.170 e. The monoisotopic (exact) mass is 214 g/mol. The lowest BCUT2D eigenvalue weighted by molar-refractivity contribution is -0.131. The van der Waals surface area contributed by atoms with Crippen LogP contribution >= 0.6 is 11.8 Å². The van der Waals surface area contributed by atoms with Crippen molar-refractivity contribution in [1.82, 2.24) is 0 Å². The molecule has 0 spiro atoms. The van der Waals surface area contributed by atoms with Crippen LogP contribution in [0.15, 0.2) is 0 Å². The van der Waals surface area contributed by atoms with Crippen molar-refractivity contribution in [2.24, 2.45) is 5.92 Å². The van der Waals surface area contributed by atoms with Crippen LogP contribution < -0.4 is 0 Å². The van der Waals surface area contributed by atoms with Gasteiger partial charge in [0, 0.05) is 0 Å². The molecule has 0 aromatic carbocycles. The lowest BCUT2D eigenvalue weighted by Crippen LogP contribution is -2.28. The molecule has 0 N–H and O–H groups in total. The molecule has 0 saturated carbocycles. The molecule has 0 aromatic rings. The van der Waals surface area contributed by atoms with E-state index in [0.717, 1.165) is 11.8 Å². The standard InChI is InChI=1S/C9H17F3S/c1-6(2)5-8(9(10,11)12)13-7(3)4/h6-8H,5H2,1-4H3/t8-/m0/s1. The summed E-state index contributed by atoms with van der Waals surface area (Å²) in [6.07, 6.45) is -3.84. The van der Waals surface area contributed by atoms with E-state index in [1.54, 1.807) is 13.8 Å². The molecule has 0 amide bonds. The summed E-state index contributed by atoms with van der Waals surface area (Å²) in [5.74, 6) is 0.0953. The van der Waals surface area contributed by atoms with Crippen LogP contribution in [-0.2, 0) is 0 Å². The molecule has 80 valence electrons. The van der Waals surface area contributed by atoms with E-state index >= 15 is 0 Å². The number of alkyl halides is 3. The van der Waals surface area contributed by atoms with Crippen molar-refractivity contribution in [3.8, 4) is 0 Å². The van der Waals surface area contributed by atoms with Gasteiger partial charge < -0.3 is 0 Å². The van der Waals surface area contributed by atoms with E-state index in [1.165, 1.54) is 0 Å². The van der Waals surface area contributed by atoms with Gasteiger partial charge in [0.05, 0.1) is 0 Å². The van der Waals surface area contributed by atoms with Crippen LogP contribution in [0, 0.1) is 5.92 Å². The summed E-state index contributed by atoms with van der Waals surface area (Å²) in [6, 6.07) is 0. The quantitative estimate of drug-likeness (QED) is 0.678. The summed E-state index contributed by atoms with van der Waals surface area (Å²) >= 11 is 1.01. The molecule has 0 heterocycles. The van der Waals surface area contributed by atoms with Gasteiger partial charge in [-0.2, -0.15) is 13.2 Å². The van der Waals surface area contributed by atoms with Gasteiger partial charge in [-0.15, -0.1) is 11.8 Å². The molecule has 13 heavy (non-hydrogen) atoms. The molecule has 1 atom stereocenters. The Morgan fingerprint density at radius 3 is 1.77 bits per heavy atom. The largest absolute Gasteiger partial charge is 0.400 e. The van der Waals surface area contributed by atoms with Gasteiger partial charge in [-0.3, -0.25) is 0 Å². The van der Waals surface area contributed by atoms with E-state index in [4.69, 9.17) is 0 Å². The van der Waals surface area contributed by atoms with E-state index in [9.17, 15) is 13.2 Å². The zero-order valence-corrected chi connectivity index (χ0v) is 9.30. The average molecular weight is 214 g/mol. The molecule has 0 aromatic heterocycles. The summed E-state index contributed by atoms with van der Waals surface area (Å²) in [7, 11) is 0. The van der Waals surface area contributed by atoms with Gasteiger partial charge in [-0.1, -0.05) is 27.7 Å². The van der Waals surface area contributed by atoms with Gasteiger partial charge >= 0.3 is 6.18 Å². The summed E-state index contributed by atoms with van der Waals surface area (Å²) in [5.41, 5.74) is 0. The van der Waals surface area contributed by atoms with E-state index < -0.39 is 11.4 Å². The predicted molar refractivity (Wildman–Crippen MR) is 52.0 cm³/mol. The zero-order valence-electron chi connectivity index (χ0n) is 8.48. The van der Waals surface area contributed by atoms with Crippen molar-refractivity contribution < 1.29 is 13.2 Å². The van der Waals surface area contributed by atoms with Crippen LogP contribution in [0.1, 0.15) is 34.1 Å². The fraction of sp³-hybridized carbons (Fsp3) is 1.00. The van der Waals surface area contributed by atoms with Crippen molar-refractivity contribution in [2.45, 2.75) is 50.8 Å². The predicted octanol–water partition coefficient (Wildman–Crippen LogP) is 4.11. The Hall–Kier alpha value is 0.140. The first-order valence-electron chi connectivity index (χ1n) is 4.45. The Morgan fingerprint density at radius 2 is 1.54 bits per heavy atom. The fourth-order valence-electron chi connectivity index (χ4n) is 1.02. The molecule has 0 nitrogen and oxygen atoms in total. The second kappa shape index (κ2) is 5.13. The maximum atomic E-state index is 12.4. The number of thioether (sulfide) groups is 1. The van der Waals surface area contributed by atoms with Crippen molar-refractivity contribution in [3.63, 3.8) is 0 Å². The molecule has 0 saturated heterocycles. The minimum Gasteiger partial charge on any atom is -0.170 e. The first-order valence-corrected chi connectivity index (χ1v) is 5.40. The van der Waals surface area contributed by atoms with Crippen LogP contribution in [0.4, 0.5) is 13.2 Å². The highest BCUT2D eigenvalue weighted by molar-refractivity contribution is 8.00. The molecule has 4 heteroatoms. The SMILES string of the molecule is CC(C)C[C@H](SC(C)C)C(F)(F)F. The summed E-state index contributed by atoms with van der Waals surface area (Å²) in [6.45, 7) is 7.23. The van der Waals surface area contributed by atoms with Crippen molar-refractivity contribution in [1.29, 1.82) is 0 Å². The van der Waals surface area contributed by atoms with Crippen LogP contribution in [0.25, 0.3) is 0 Å². The highest BCUT2D eigenvalue weighted by Gasteiger charge is 2.40. The van der Waals surface area contributed by atoms with Crippen LogP contribution in [0.3, 0.4) is 0 Å². The maximum Gasteiger partial charge on any atom is 0.400 e. The number of halogens is 3. The molecular weight excluding hydrogens is 197 g/mol.